The van der Waals surface area contributed by atoms with Crippen LogP contribution in [-0.2, 0) is 6.54 Å². The summed E-state index contributed by atoms with van der Waals surface area (Å²) < 4.78 is 5.19. The van der Waals surface area contributed by atoms with Gasteiger partial charge in [0.05, 0.1) is 12.1 Å². The SMILES string of the molecule is CCC1(O)CN(Cc2noc(C3CC3)n2)C1. The molecule has 2 fully saturated rings. The molecule has 0 spiro atoms. The summed E-state index contributed by atoms with van der Waals surface area (Å²) in [5.41, 5.74) is -0.483. The summed E-state index contributed by atoms with van der Waals surface area (Å²) >= 11 is 0. The van der Waals surface area contributed by atoms with Gasteiger partial charge < -0.3 is 9.63 Å². The van der Waals surface area contributed by atoms with Crippen molar-refractivity contribution in [3.8, 4) is 0 Å². The molecule has 1 saturated heterocycles. The lowest BCUT2D eigenvalue weighted by molar-refractivity contribution is -0.104. The second-order valence-corrected chi connectivity index (χ2v) is 5.05. The van der Waals surface area contributed by atoms with Crippen LogP contribution in [0.3, 0.4) is 0 Å². The molecule has 0 unspecified atom stereocenters. The second kappa shape index (κ2) is 3.53. The maximum Gasteiger partial charge on any atom is 0.229 e. The van der Waals surface area contributed by atoms with Crippen molar-refractivity contribution in [3.05, 3.63) is 11.7 Å². The van der Waals surface area contributed by atoms with Crippen LogP contribution in [0.5, 0.6) is 0 Å². The number of rotatable bonds is 4. The predicted octanol–water partition coefficient (Wildman–Crippen LogP) is 0.904. The smallest absolute Gasteiger partial charge is 0.229 e. The Kier molecular flexibility index (Phi) is 2.26. The van der Waals surface area contributed by atoms with Crippen LogP contribution < -0.4 is 0 Å². The van der Waals surface area contributed by atoms with E-state index in [1.54, 1.807) is 0 Å². The lowest BCUT2D eigenvalue weighted by Crippen LogP contribution is -2.60. The highest BCUT2D eigenvalue weighted by Crippen LogP contribution is 2.39. The average molecular weight is 223 g/mol. The Balaban J connectivity index is 1.55. The van der Waals surface area contributed by atoms with Crippen molar-refractivity contribution >= 4 is 0 Å². The first kappa shape index (κ1) is 10.2. The van der Waals surface area contributed by atoms with Gasteiger partial charge in [-0.1, -0.05) is 12.1 Å². The van der Waals surface area contributed by atoms with E-state index in [-0.39, 0.29) is 0 Å². The van der Waals surface area contributed by atoms with Crippen LogP contribution in [0.15, 0.2) is 4.52 Å². The minimum Gasteiger partial charge on any atom is -0.387 e. The summed E-state index contributed by atoms with van der Waals surface area (Å²) in [5, 5.41) is 13.8. The lowest BCUT2D eigenvalue weighted by atomic mass is 9.91. The van der Waals surface area contributed by atoms with Crippen LogP contribution in [0, 0.1) is 0 Å². The maximum atomic E-state index is 9.86. The topological polar surface area (TPSA) is 62.4 Å². The fourth-order valence-corrected chi connectivity index (χ4v) is 2.15. The van der Waals surface area contributed by atoms with E-state index in [2.05, 4.69) is 15.0 Å². The van der Waals surface area contributed by atoms with Gasteiger partial charge in [-0.25, -0.2) is 0 Å². The Labute approximate surface area is 94.4 Å². The van der Waals surface area contributed by atoms with E-state index in [0.29, 0.717) is 12.5 Å². The average Bonchev–Trinajstić information content (AvgIpc) is 2.98. The highest BCUT2D eigenvalue weighted by molar-refractivity contribution is 5.03. The molecule has 2 aliphatic rings. The maximum absolute atomic E-state index is 9.86. The molecule has 0 aromatic carbocycles. The van der Waals surface area contributed by atoms with Crippen molar-refractivity contribution in [3.63, 3.8) is 0 Å². The standard InChI is InChI=1S/C11H17N3O2/c1-2-11(15)6-14(7-11)5-9-12-10(16-13-9)8-3-4-8/h8,15H,2-7H2,1H3. The van der Waals surface area contributed by atoms with Gasteiger partial charge >= 0.3 is 0 Å². The van der Waals surface area contributed by atoms with Gasteiger partial charge in [0.2, 0.25) is 5.89 Å². The third kappa shape index (κ3) is 1.85. The van der Waals surface area contributed by atoms with Gasteiger partial charge in [0, 0.05) is 19.0 Å². The summed E-state index contributed by atoms with van der Waals surface area (Å²) in [5.74, 6) is 2.06. The monoisotopic (exact) mass is 223 g/mol. The van der Waals surface area contributed by atoms with Gasteiger partial charge in [0.25, 0.3) is 0 Å². The van der Waals surface area contributed by atoms with Crippen LogP contribution in [0.1, 0.15) is 43.8 Å². The molecular weight excluding hydrogens is 206 g/mol. The molecule has 0 bridgehead atoms. The quantitative estimate of drug-likeness (QED) is 0.821. The van der Waals surface area contributed by atoms with Gasteiger partial charge in [-0.05, 0) is 19.3 Å². The molecule has 1 aromatic heterocycles. The van der Waals surface area contributed by atoms with E-state index in [1.807, 2.05) is 6.92 Å². The highest BCUT2D eigenvalue weighted by atomic mass is 16.5. The predicted molar refractivity (Wildman–Crippen MR) is 56.8 cm³/mol. The zero-order chi connectivity index (χ0) is 11.2. The zero-order valence-corrected chi connectivity index (χ0v) is 9.52. The van der Waals surface area contributed by atoms with Gasteiger partial charge in [-0.2, -0.15) is 4.98 Å². The van der Waals surface area contributed by atoms with Crippen molar-refractivity contribution in [2.75, 3.05) is 13.1 Å². The largest absolute Gasteiger partial charge is 0.387 e. The molecule has 88 valence electrons. The summed E-state index contributed by atoms with van der Waals surface area (Å²) in [7, 11) is 0. The van der Waals surface area contributed by atoms with Crippen LogP contribution in [0.25, 0.3) is 0 Å². The third-order valence-corrected chi connectivity index (χ3v) is 3.47. The van der Waals surface area contributed by atoms with Crippen LogP contribution in [0.4, 0.5) is 0 Å². The third-order valence-electron chi connectivity index (χ3n) is 3.47. The van der Waals surface area contributed by atoms with Crippen LogP contribution in [-0.4, -0.2) is 38.8 Å². The van der Waals surface area contributed by atoms with E-state index in [9.17, 15) is 5.11 Å². The number of aliphatic hydroxyl groups is 1. The Morgan fingerprint density at radius 2 is 2.25 bits per heavy atom. The van der Waals surface area contributed by atoms with Gasteiger partial charge in [0.1, 0.15) is 0 Å². The number of hydrogen-bond donors (Lipinski definition) is 1. The Hall–Kier alpha value is -0.940. The van der Waals surface area contributed by atoms with E-state index in [1.165, 1.54) is 12.8 Å². The molecule has 5 nitrogen and oxygen atoms in total. The molecule has 2 heterocycles. The fourth-order valence-electron chi connectivity index (χ4n) is 2.15. The molecule has 1 saturated carbocycles. The van der Waals surface area contributed by atoms with Gasteiger partial charge in [-0.15, -0.1) is 0 Å². The molecule has 0 amide bonds. The first-order chi connectivity index (χ1) is 7.68. The number of likely N-dealkylation sites (tertiary alicyclic amines) is 1. The number of aromatic nitrogens is 2. The first-order valence-electron chi connectivity index (χ1n) is 5.96. The number of nitrogens with zero attached hydrogens (tertiary/aromatic N) is 3. The molecule has 0 radical (unpaired) electrons. The van der Waals surface area contributed by atoms with E-state index < -0.39 is 5.60 Å². The van der Waals surface area contributed by atoms with E-state index in [4.69, 9.17) is 4.52 Å². The highest BCUT2D eigenvalue weighted by Gasteiger charge is 2.40. The van der Waals surface area contributed by atoms with Crippen molar-refractivity contribution in [2.24, 2.45) is 0 Å². The molecule has 16 heavy (non-hydrogen) atoms. The van der Waals surface area contributed by atoms with E-state index in [0.717, 1.165) is 31.2 Å². The summed E-state index contributed by atoms with van der Waals surface area (Å²) in [6.45, 7) is 4.14. The van der Waals surface area contributed by atoms with Crippen molar-refractivity contribution in [2.45, 2.75) is 44.2 Å². The minimum atomic E-state index is -0.483. The van der Waals surface area contributed by atoms with Crippen molar-refractivity contribution < 1.29 is 9.63 Å². The molecule has 5 heteroatoms. The zero-order valence-electron chi connectivity index (χ0n) is 9.52. The summed E-state index contributed by atoms with van der Waals surface area (Å²) in [6, 6.07) is 0. The van der Waals surface area contributed by atoms with E-state index >= 15 is 0 Å². The summed E-state index contributed by atoms with van der Waals surface area (Å²) in [6.07, 6.45) is 3.17. The molecule has 1 aromatic rings. The number of hydrogen-bond acceptors (Lipinski definition) is 5. The molecule has 1 N–H and O–H groups in total. The lowest BCUT2D eigenvalue weighted by Gasteiger charge is -2.45. The van der Waals surface area contributed by atoms with Crippen molar-refractivity contribution in [1.82, 2.24) is 15.0 Å². The second-order valence-electron chi connectivity index (χ2n) is 5.05. The molecule has 1 aliphatic carbocycles. The molecule has 3 rings (SSSR count). The van der Waals surface area contributed by atoms with Gasteiger partial charge in [-0.3, -0.25) is 4.90 Å². The fraction of sp³-hybridized carbons (Fsp3) is 0.818. The van der Waals surface area contributed by atoms with Crippen molar-refractivity contribution in [1.29, 1.82) is 0 Å². The Morgan fingerprint density at radius 3 is 2.88 bits per heavy atom. The Bertz CT molecular complexity index is 380. The molecule has 0 atom stereocenters. The van der Waals surface area contributed by atoms with Crippen LogP contribution >= 0.6 is 0 Å². The Morgan fingerprint density at radius 1 is 1.50 bits per heavy atom. The molecule has 1 aliphatic heterocycles. The number of β-amino-alcohol motifs (C(OH)–C–C–N with tert-alkyl or cyclic N) is 1. The van der Waals surface area contributed by atoms with Crippen LogP contribution in [0.2, 0.25) is 0 Å². The normalized spacial score (nSPS) is 24.4. The minimum absolute atomic E-state index is 0.483. The first-order valence-corrected chi connectivity index (χ1v) is 5.96. The van der Waals surface area contributed by atoms with Gasteiger partial charge in [0.15, 0.2) is 5.82 Å². The summed E-state index contributed by atoms with van der Waals surface area (Å²) in [4.78, 5) is 6.51. The molecular formula is C11H17N3O2.